The van der Waals surface area contributed by atoms with Gasteiger partial charge in [-0.3, -0.25) is 4.79 Å². The molecule has 1 N–H and O–H groups in total. The van der Waals surface area contributed by atoms with E-state index in [-0.39, 0.29) is 39.7 Å². The van der Waals surface area contributed by atoms with Gasteiger partial charge in [-0.25, -0.2) is 8.42 Å². The van der Waals surface area contributed by atoms with Gasteiger partial charge in [-0.1, -0.05) is 11.6 Å². The topological polar surface area (TPSA) is 88.9 Å². The molecule has 0 spiro atoms. The number of hydrogen-bond acceptors (Lipinski definition) is 5. The summed E-state index contributed by atoms with van der Waals surface area (Å²) < 4.78 is 37.0. The third-order valence-electron chi connectivity index (χ3n) is 3.57. The Morgan fingerprint density at radius 3 is 2.48 bits per heavy atom. The Hall–Kier alpha value is -1.58. The van der Waals surface area contributed by atoms with Crippen molar-refractivity contribution in [3.05, 3.63) is 46.3 Å². The van der Waals surface area contributed by atoms with E-state index in [0.717, 1.165) is 0 Å². The van der Waals surface area contributed by atoms with E-state index >= 15 is 0 Å². The van der Waals surface area contributed by atoms with E-state index < -0.39 is 15.9 Å². The van der Waals surface area contributed by atoms with Gasteiger partial charge in [0.1, 0.15) is 4.90 Å². The molecule has 1 aromatic carbocycles. The molecule has 2 aromatic rings. The normalized spacial score (nSPS) is 15.9. The van der Waals surface area contributed by atoms with Crippen LogP contribution in [0.3, 0.4) is 0 Å². The van der Waals surface area contributed by atoms with Gasteiger partial charge in [0.05, 0.1) is 18.2 Å². The molecule has 1 aliphatic rings. The highest BCUT2D eigenvalue weighted by atomic mass is 35.5. The predicted octanol–water partition coefficient (Wildman–Crippen LogP) is 2.86. The fourth-order valence-electron chi connectivity index (χ4n) is 2.33. The SMILES string of the molecule is O=C(Nc1ccc(Cl)c(S(=O)(=O)N2CCOCC2)c1)c1ccc(Cl)o1. The molecule has 10 heteroatoms. The van der Waals surface area contributed by atoms with E-state index in [2.05, 4.69) is 5.32 Å². The molecule has 1 saturated heterocycles. The van der Waals surface area contributed by atoms with Crippen LogP contribution in [0.2, 0.25) is 10.2 Å². The lowest BCUT2D eigenvalue weighted by Crippen LogP contribution is -2.40. The molecular weight excluding hydrogens is 391 g/mol. The molecule has 0 saturated carbocycles. The van der Waals surface area contributed by atoms with Gasteiger partial charge in [0.2, 0.25) is 10.0 Å². The summed E-state index contributed by atoms with van der Waals surface area (Å²) in [6, 6.07) is 7.09. The molecule has 7 nitrogen and oxygen atoms in total. The maximum absolute atomic E-state index is 12.8. The van der Waals surface area contributed by atoms with E-state index in [1.807, 2.05) is 0 Å². The van der Waals surface area contributed by atoms with Crippen LogP contribution in [0.1, 0.15) is 10.6 Å². The van der Waals surface area contributed by atoms with Gasteiger partial charge in [0.25, 0.3) is 5.91 Å². The first kappa shape index (κ1) is 18.2. The van der Waals surface area contributed by atoms with Crippen molar-refractivity contribution in [3.8, 4) is 0 Å². The van der Waals surface area contributed by atoms with Gasteiger partial charge < -0.3 is 14.5 Å². The monoisotopic (exact) mass is 404 g/mol. The average molecular weight is 405 g/mol. The van der Waals surface area contributed by atoms with Crippen LogP contribution in [0.5, 0.6) is 0 Å². The van der Waals surface area contributed by atoms with Gasteiger partial charge in [0.15, 0.2) is 11.0 Å². The number of carbonyl (C=O) groups is 1. The summed E-state index contributed by atoms with van der Waals surface area (Å²) in [5.74, 6) is -0.540. The predicted molar refractivity (Wildman–Crippen MR) is 92.7 cm³/mol. The van der Waals surface area contributed by atoms with E-state index in [0.29, 0.717) is 13.2 Å². The average Bonchev–Trinajstić information content (AvgIpc) is 3.04. The zero-order valence-corrected chi connectivity index (χ0v) is 15.2. The van der Waals surface area contributed by atoms with Crippen molar-refractivity contribution in [2.75, 3.05) is 31.6 Å². The van der Waals surface area contributed by atoms with E-state index in [4.69, 9.17) is 32.4 Å². The number of hydrogen-bond donors (Lipinski definition) is 1. The minimum absolute atomic E-state index is 0.0116. The Kier molecular flexibility index (Phi) is 5.35. The van der Waals surface area contributed by atoms with Gasteiger partial charge in [-0.2, -0.15) is 4.31 Å². The van der Waals surface area contributed by atoms with E-state index in [1.165, 1.54) is 34.6 Å². The molecule has 1 aromatic heterocycles. The van der Waals surface area contributed by atoms with Crippen LogP contribution < -0.4 is 5.32 Å². The standard InChI is InChI=1S/C15H14Cl2N2O5S/c16-11-2-1-10(18-15(20)12-3-4-14(17)24-12)9-13(11)25(21,22)19-5-7-23-8-6-19/h1-4,9H,5-8H2,(H,18,20). The third-order valence-corrected chi connectivity index (χ3v) is 6.16. The van der Waals surface area contributed by atoms with Crippen LogP contribution in [-0.4, -0.2) is 44.9 Å². The van der Waals surface area contributed by atoms with Crippen LogP contribution >= 0.6 is 23.2 Å². The second-order valence-corrected chi connectivity index (χ2v) is 7.91. The fraction of sp³-hybridized carbons (Fsp3) is 0.267. The Bertz CT molecular complexity index is 891. The highest BCUT2D eigenvalue weighted by Gasteiger charge is 2.28. The van der Waals surface area contributed by atoms with Crippen LogP contribution in [0.25, 0.3) is 0 Å². The van der Waals surface area contributed by atoms with Crippen molar-refractivity contribution in [2.45, 2.75) is 4.90 Å². The lowest BCUT2D eigenvalue weighted by atomic mass is 10.3. The van der Waals surface area contributed by atoms with Gasteiger partial charge in [-0.15, -0.1) is 0 Å². The third kappa shape index (κ3) is 3.99. The van der Waals surface area contributed by atoms with Crippen molar-refractivity contribution < 1.29 is 22.4 Å². The lowest BCUT2D eigenvalue weighted by Gasteiger charge is -2.26. The van der Waals surface area contributed by atoms with Crippen LogP contribution in [-0.2, 0) is 14.8 Å². The second-order valence-electron chi connectivity index (χ2n) is 5.22. The van der Waals surface area contributed by atoms with Crippen LogP contribution in [0.4, 0.5) is 5.69 Å². The number of benzene rings is 1. The first-order valence-corrected chi connectivity index (χ1v) is 9.51. The maximum atomic E-state index is 12.8. The number of amides is 1. The quantitative estimate of drug-likeness (QED) is 0.845. The number of morpholine rings is 1. The first-order chi connectivity index (χ1) is 11.9. The number of halogens is 2. The number of nitrogens with one attached hydrogen (secondary N) is 1. The number of carbonyl (C=O) groups excluding carboxylic acids is 1. The van der Waals surface area contributed by atoms with Crippen LogP contribution in [0, 0.1) is 0 Å². The summed E-state index contributed by atoms with van der Waals surface area (Å²) in [6.07, 6.45) is 0. The highest BCUT2D eigenvalue weighted by molar-refractivity contribution is 7.89. The lowest BCUT2D eigenvalue weighted by molar-refractivity contribution is 0.0730. The van der Waals surface area contributed by atoms with E-state index in [1.54, 1.807) is 0 Å². The van der Waals surface area contributed by atoms with Crippen molar-refractivity contribution in [1.29, 1.82) is 0 Å². The largest absolute Gasteiger partial charge is 0.440 e. The minimum atomic E-state index is -3.79. The molecule has 25 heavy (non-hydrogen) atoms. The van der Waals surface area contributed by atoms with Crippen molar-refractivity contribution in [3.63, 3.8) is 0 Å². The fourth-order valence-corrected chi connectivity index (χ4v) is 4.39. The number of nitrogens with zero attached hydrogens (tertiary/aromatic N) is 1. The number of ether oxygens (including phenoxy) is 1. The molecule has 0 unspecified atom stereocenters. The summed E-state index contributed by atoms with van der Waals surface area (Å²) in [5, 5.41) is 2.71. The molecule has 1 fully saturated rings. The van der Waals surface area contributed by atoms with Crippen molar-refractivity contribution in [2.24, 2.45) is 0 Å². The number of sulfonamides is 1. The molecule has 0 aliphatic carbocycles. The molecule has 0 bridgehead atoms. The van der Waals surface area contributed by atoms with Gasteiger partial charge in [0, 0.05) is 18.8 Å². The molecular formula is C15H14Cl2N2O5S. The Labute approximate surface area is 154 Å². The zero-order valence-electron chi connectivity index (χ0n) is 12.9. The Balaban J connectivity index is 1.86. The molecule has 134 valence electrons. The molecule has 2 heterocycles. The van der Waals surface area contributed by atoms with Crippen molar-refractivity contribution >= 4 is 44.8 Å². The molecule has 1 amide bonds. The molecule has 0 radical (unpaired) electrons. The van der Waals surface area contributed by atoms with Crippen LogP contribution in [0.15, 0.2) is 39.6 Å². The van der Waals surface area contributed by atoms with Gasteiger partial charge in [-0.05, 0) is 41.9 Å². The molecule has 3 rings (SSSR count). The first-order valence-electron chi connectivity index (χ1n) is 7.32. The van der Waals surface area contributed by atoms with E-state index in [9.17, 15) is 13.2 Å². The summed E-state index contributed by atoms with van der Waals surface area (Å²) in [5.41, 5.74) is 0.272. The van der Waals surface area contributed by atoms with Crippen molar-refractivity contribution in [1.82, 2.24) is 4.31 Å². The minimum Gasteiger partial charge on any atom is -0.440 e. The smallest absolute Gasteiger partial charge is 0.291 e. The highest BCUT2D eigenvalue weighted by Crippen LogP contribution is 2.28. The summed E-state index contributed by atoms with van der Waals surface area (Å²) in [7, 11) is -3.79. The number of anilines is 1. The summed E-state index contributed by atoms with van der Waals surface area (Å²) in [6.45, 7) is 1.15. The Morgan fingerprint density at radius 1 is 1.12 bits per heavy atom. The summed E-state index contributed by atoms with van der Waals surface area (Å²) in [4.78, 5) is 12.0. The summed E-state index contributed by atoms with van der Waals surface area (Å²) >= 11 is 11.7. The Morgan fingerprint density at radius 2 is 1.84 bits per heavy atom. The zero-order chi connectivity index (χ0) is 18.0. The number of furan rings is 1. The second kappa shape index (κ2) is 7.35. The number of rotatable bonds is 4. The molecule has 0 atom stereocenters. The maximum Gasteiger partial charge on any atom is 0.291 e. The van der Waals surface area contributed by atoms with Gasteiger partial charge >= 0.3 is 0 Å². The molecule has 1 aliphatic heterocycles.